The second kappa shape index (κ2) is 3.03. The van der Waals surface area contributed by atoms with E-state index in [1.54, 1.807) is 6.07 Å². The van der Waals surface area contributed by atoms with Gasteiger partial charge in [-0.05, 0) is 17.7 Å². The molecule has 1 atom stereocenters. The minimum absolute atomic E-state index is 0.456. The number of ether oxygens (including phenoxy) is 1. The minimum atomic E-state index is -0.910. The number of hydrogen-bond donors (Lipinski definition) is 1. The Morgan fingerprint density at radius 1 is 1.62 bits per heavy atom. The molecule has 4 heteroatoms. The lowest BCUT2D eigenvalue weighted by molar-refractivity contribution is -0.144. The fraction of sp³-hybridized carbons (Fsp3) is 0.222. The van der Waals surface area contributed by atoms with Crippen LogP contribution in [0.4, 0.5) is 0 Å². The summed E-state index contributed by atoms with van der Waals surface area (Å²) in [7, 11) is 0. The third-order valence-corrected chi connectivity index (χ3v) is 2.47. The zero-order valence-electron chi connectivity index (χ0n) is 6.66. The molecule has 1 aliphatic heterocycles. The number of hydrogen-bond acceptors (Lipinski definition) is 2. The van der Waals surface area contributed by atoms with Crippen LogP contribution in [-0.4, -0.2) is 17.2 Å². The Morgan fingerprint density at radius 2 is 2.38 bits per heavy atom. The SMILES string of the molecule is O=C(O)[C@@H]1Cc2ccc(Br)cc2O1. The third kappa shape index (κ3) is 1.54. The van der Waals surface area contributed by atoms with Gasteiger partial charge in [-0.15, -0.1) is 0 Å². The van der Waals surface area contributed by atoms with E-state index < -0.39 is 12.1 Å². The summed E-state index contributed by atoms with van der Waals surface area (Å²) >= 11 is 3.29. The summed E-state index contributed by atoms with van der Waals surface area (Å²) < 4.78 is 6.12. The van der Waals surface area contributed by atoms with Crippen molar-refractivity contribution >= 4 is 21.9 Å². The first kappa shape index (κ1) is 8.56. The van der Waals surface area contributed by atoms with E-state index in [1.165, 1.54) is 0 Å². The van der Waals surface area contributed by atoms with Gasteiger partial charge in [-0.2, -0.15) is 0 Å². The van der Waals surface area contributed by atoms with Crippen LogP contribution in [0.3, 0.4) is 0 Å². The zero-order chi connectivity index (χ0) is 9.42. The van der Waals surface area contributed by atoms with Crippen LogP contribution in [0.1, 0.15) is 5.56 Å². The van der Waals surface area contributed by atoms with E-state index in [0.717, 1.165) is 10.0 Å². The van der Waals surface area contributed by atoms with Crippen LogP contribution in [0.15, 0.2) is 22.7 Å². The van der Waals surface area contributed by atoms with Gasteiger partial charge in [0, 0.05) is 10.9 Å². The normalized spacial score (nSPS) is 19.3. The smallest absolute Gasteiger partial charge is 0.345 e. The van der Waals surface area contributed by atoms with Crippen LogP contribution in [0.5, 0.6) is 5.75 Å². The molecule has 0 aromatic heterocycles. The number of fused-ring (bicyclic) bond motifs is 1. The number of benzene rings is 1. The summed E-state index contributed by atoms with van der Waals surface area (Å²) in [5, 5.41) is 8.72. The molecule has 13 heavy (non-hydrogen) atoms. The Labute approximate surface area is 83.5 Å². The molecule has 1 aromatic carbocycles. The lowest BCUT2D eigenvalue weighted by atomic mass is 10.1. The maximum absolute atomic E-state index is 10.6. The Morgan fingerprint density at radius 3 is 3.08 bits per heavy atom. The predicted molar refractivity (Wildman–Crippen MR) is 49.9 cm³/mol. The summed E-state index contributed by atoms with van der Waals surface area (Å²) in [5.74, 6) is -0.242. The highest BCUT2D eigenvalue weighted by Gasteiger charge is 2.28. The maximum atomic E-state index is 10.6. The number of carbonyl (C=O) groups is 1. The fourth-order valence-electron chi connectivity index (χ4n) is 1.34. The van der Waals surface area contributed by atoms with Gasteiger partial charge < -0.3 is 9.84 Å². The van der Waals surface area contributed by atoms with Crippen LogP contribution >= 0.6 is 15.9 Å². The highest BCUT2D eigenvalue weighted by atomic mass is 79.9. The van der Waals surface area contributed by atoms with E-state index in [0.29, 0.717) is 12.2 Å². The number of carboxylic acids is 1. The van der Waals surface area contributed by atoms with Crippen molar-refractivity contribution in [2.75, 3.05) is 0 Å². The van der Waals surface area contributed by atoms with Crippen molar-refractivity contribution in [2.24, 2.45) is 0 Å². The summed E-state index contributed by atoms with van der Waals surface area (Å²) in [6.45, 7) is 0. The Balaban J connectivity index is 2.30. The van der Waals surface area contributed by atoms with Crippen molar-refractivity contribution in [3.05, 3.63) is 28.2 Å². The van der Waals surface area contributed by atoms with E-state index in [4.69, 9.17) is 9.84 Å². The average Bonchev–Trinajstić information content (AvgIpc) is 2.46. The quantitative estimate of drug-likeness (QED) is 0.818. The lowest BCUT2D eigenvalue weighted by Gasteiger charge is -2.03. The first-order chi connectivity index (χ1) is 6.16. The average molecular weight is 243 g/mol. The molecule has 0 unspecified atom stereocenters. The lowest BCUT2D eigenvalue weighted by Crippen LogP contribution is -2.24. The van der Waals surface area contributed by atoms with Crippen molar-refractivity contribution in [3.63, 3.8) is 0 Å². The predicted octanol–water partition coefficient (Wildman–Crippen LogP) is 1.84. The molecule has 68 valence electrons. The van der Waals surface area contributed by atoms with E-state index >= 15 is 0 Å². The van der Waals surface area contributed by atoms with Gasteiger partial charge in [-0.25, -0.2) is 4.79 Å². The molecule has 3 nitrogen and oxygen atoms in total. The molecule has 1 N–H and O–H groups in total. The van der Waals surface area contributed by atoms with Crippen LogP contribution in [0, 0.1) is 0 Å². The Kier molecular flexibility index (Phi) is 2.00. The molecule has 1 aromatic rings. The van der Waals surface area contributed by atoms with Gasteiger partial charge in [0.1, 0.15) is 5.75 Å². The molecule has 1 aliphatic rings. The first-order valence-corrected chi connectivity index (χ1v) is 4.64. The van der Waals surface area contributed by atoms with Crippen LogP contribution in [0.2, 0.25) is 0 Å². The molecule has 0 saturated carbocycles. The van der Waals surface area contributed by atoms with Gasteiger partial charge in [-0.3, -0.25) is 0 Å². The monoisotopic (exact) mass is 242 g/mol. The molecule has 0 saturated heterocycles. The second-order valence-electron chi connectivity index (χ2n) is 2.90. The van der Waals surface area contributed by atoms with Crippen LogP contribution < -0.4 is 4.74 Å². The van der Waals surface area contributed by atoms with E-state index in [-0.39, 0.29) is 0 Å². The van der Waals surface area contributed by atoms with Gasteiger partial charge in [0.15, 0.2) is 6.10 Å². The molecule has 0 aliphatic carbocycles. The Hall–Kier alpha value is -1.03. The highest BCUT2D eigenvalue weighted by molar-refractivity contribution is 9.10. The zero-order valence-corrected chi connectivity index (χ0v) is 8.24. The van der Waals surface area contributed by atoms with E-state index in [2.05, 4.69) is 15.9 Å². The summed E-state index contributed by atoms with van der Waals surface area (Å²) in [6.07, 6.45) is -0.262. The molecular weight excluding hydrogens is 236 g/mol. The molecule has 0 amide bonds. The molecule has 0 bridgehead atoms. The van der Waals surface area contributed by atoms with Crippen LogP contribution in [0.25, 0.3) is 0 Å². The fourth-order valence-corrected chi connectivity index (χ4v) is 1.68. The third-order valence-electron chi connectivity index (χ3n) is 1.98. The Bertz CT molecular complexity index is 362. The van der Waals surface area contributed by atoms with Gasteiger partial charge >= 0.3 is 5.97 Å². The molecule has 2 rings (SSSR count). The van der Waals surface area contributed by atoms with Crippen molar-refractivity contribution < 1.29 is 14.6 Å². The number of halogens is 1. The molecule has 0 radical (unpaired) electrons. The summed E-state index contributed by atoms with van der Waals surface area (Å²) in [6, 6.07) is 5.55. The topological polar surface area (TPSA) is 46.5 Å². The number of aliphatic carboxylic acids is 1. The van der Waals surface area contributed by atoms with Gasteiger partial charge in [0.05, 0.1) is 0 Å². The van der Waals surface area contributed by atoms with Crippen molar-refractivity contribution in [3.8, 4) is 5.75 Å². The highest BCUT2D eigenvalue weighted by Crippen LogP contribution is 2.31. The van der Waals surface area contributed by atoms with Crippen molar-refractivity contribution in [2.45, 2.75) is 12.5 Å². The van der Waals surface area contributed by atoms with Gasteiger partial charge in [0.25, 0.3) is 0 Å². The minimum Gasteiger partial charge on any atom is -0.478 e. The number of rotatable bonds is 1. The van der Waals surface area contributed by atoms with Crippen LogP contribution in [-0.2, 0) is 11.2 Å². The van der Waals surface area contributed by atoms with Gasteiger partial charge in [0.2, 0.25) is 0 Å². The molecule has 0 fully saturated rings. The van der Waals surface area contributed by atoms with E-state index in [1.807, 2.05) is 12.1 Å². The second-order valence-corrected chi connectivity index (χ2v) is 3.82. The summed E-state index contributed by atoms with van der Waals surface area (Å²) in [4.78, 5) is 10.6. The van der Waals surface area contributed by atoms with Gasteiger partial charge in [-0.1, -0.05) is 22.0 Å². The van der Waals surface area contributed by atoms with E-state index in [9.17, 15) is 4.79 Å². The standard InChI is InChI=1S/C9H7BrO3/c10-6-2-1-5-3-8(9(11)12)13-7(5)4-6/h1-2,4,8H,3H2,(H,11,12)/t8-/m0/s1. The maximum Gasteiger partial charge on any atom is 0.345 e. The van der Waals surface area contributed by atoms with Crippen molar-refractivity contribution in [1.82, 2.24) is 0 Å². The summed E-state index contributed by atoms with van der Waals surface area (Å²) in [5.41, 5.74) is 0.954. The molecule has 1 heterocycles. The molecular formula is C9H7BrO3. The number of carboxylic acid groups (broad SMARTS) is 1. The first-order valence-electron chi connectivity index (χ1n) is 3.85. The molecule has 0 spiro atoms. The largest absolute Gasteiger partial charge is 0.478 e. The van der Waals surface area contributed by atoms with Crippen molar-refractivity contribution in [1.29, 1.82) is 0 Å².